The third-order valence-corrected chi connectivity index (χ3v) is 2.64. The average Bonchev–Trinajstić information content (AvgIpc) is 2.59. The first kappa shape index (κ1) is 10.7. The smallest absolute Gasteiger partial charge is 0.304 e. The molecule has 4 nitrogen and oxygen atoms in total. The molecular formula is C12H14N2O2. The van der Waals surface area contributed by atoms with Crippen molar-refractivity contribution in [1.29, 1.82) is 0 Å². The van der Waals surface area contributed by atoms with Gasteiger partial charge in [0.2, 0.25) is 0 Å². The van der Waals surface area contributed by atoms with Gasteiger partial charge < -0.3 is 9.51 Å². The number of carbonyl (C=O) groups is 1. The topological polar surface area (TPSA) is 54.6 Å². The highest BCUT2D eigenvalue weighted by atomic mass is 16.4. The van der Waals surface area contributed by atoms with Crippen molar-refractivity contribution in [2.45, 2.75) is 25.7 Å². The van der Waals surface area contributed by atoms with Gasteiger partial charge in [0, 0.05) is 11.6 Å². The molecule has 0 saturated carbocycles. The molecule has 0 aliphatic carbocycles. The zero-order valence-electron chi connectivity index (χ0n) is 9.34. The highest BCUT2D eigenvalue weighted by molar-refractivity contribution is 5.68. The molecule has 16 heavy (non-hydrogen) atoms. The molecule has 2 aromatic heterocycles. The molecule has 0 bridgehead atoms. The Balaban J connectivity index is 2.50. The highest BCUT2D eigenvalue weighted by Gasteiger charge is 2.28. The van der Waals surface area contributed by atoms with Crippen LogP contribution in [0.4, 0.5) is 0 Å². The molecular weight excluding hydrogens is 204 g/mol. The first-order chi connectivity index (χ1) is 7.50. The Bertz CT molecular complexity index is 529. The molecule has 1 N–H and O–H groups in total. The fraction of sp³-hybridized carbons (Fsp3) is 0.333. The first-order valence-corrected chi connectivity index (χ1v) is 5.15. The molecule has 0 saturated heterocycles. The maximum absolute atomic E-state index is 10.8. The van der Waals surface area contributed by atoms with Gasteiger partial charge >= 0.3 is 5.97 Å². The minimum atomic E-state index is -0.808. The lowest BCUT2D eigenvalue weighted by atomic mass is 9.88. The monoisotopic (exact) mass is 218 g/mol. The highest BCUT2D eigenvalue weighted by Crippen LogP contribution is 2.26. The predicted octanol–water partition coefficient (Wildman–Crippen LogP) is 2.09. The van der Waals surface area contributed by atoms with E-state index in [9.17, 15) is 4.79 Å². The Kier molecular flexibility index (Phi) is 2.42. The van der Waals surface area contributed by atoms with Gasteiger partial charge in [0.1, 0.15) is 5.82 Å². The minimum absolute atomic E-state index is 0.0704. The summed E-state index contributed by atoms with van der Waals surface area (Å²) in [7, 11) is 0. The first-order valence-electron chi connectivity index (χ1n) is 5.15. The zero-order valence-corrected chi connectivity index (χ0v) is 9.34. The van der Waals surface area contributed by atoms with E-state index in [1.165, 1.54) is 0 Å². The van der Waals surface area contributed by atoms with E-state index in [2.05, 4.69) is 4.98 Å². The molecule has 4 heteroatoms. The molecule has 2 aromatic rings. The summed E-state index contributed by atoms with van der Waals surface area (Å²) < 4.78 is 1.93. The second-order valence-corrected chi connectivity index (χ2v) is 4.53. The van der Waals surface area contributed by atoms with E-state index < -0.39 is 11.4 Å². The number of fused-ring (bicyclic) bond motifs is 1. The Morgan fingerprint density at radius 1 is 1.50 bits per heavy atom. The number of rotatable bonds is 3. The van der Waals surface area contributed by atoms with Gasteiger partial charge in [0.05, 0.1) is 18.1 Å². The maximum atomic E-state index is 10.8. The summed E-state index contributed by atoms with van der Waals surface area (Å²) in [6, 6.07) is 5.80. The van der Waals surface area contributed by atoms with Gasteiger partial charge in [-0.15, -0.1) is 0 Å². The molecule has 0 radical (unpaired) electrons. The second-order valence-electron chi connectivity index (χ2n) is 4.53. The van der Waals surface area contributed by atoms with Gasteiger partial charge in [-0.05, 0) is 12.1 Å². The van der Waals surface area contributed by atoms with E-state index >= 15 is 0 Å². The van der Waals surface area contributed by atoms with Crippen molar-refractivity contribution in [1.82, 2.24) is 9.38 Å². The van der Waals surface area contributed by atoms with Crippen molar-refractivity contribution < 1.29 is 9.90 Å². The van der Waals surface area contributed by atoms with Crippen molar-refractivity contribution >= 4 is 11.5 Å². The van der Waals surface area contributed by atoms with Gasteiger partial charge in [-0.1, -0.05) is 19.9 Å². The summed E-state index contributed by atoms with van der Waals surface area (Å²) in [6.45, 7) is 3.78. The van der Waals surface area contributed by atoms with Crippen LogP contribution in [-0.2, 0) is 10.2 Å². The normalized spacial score (nSPS) is 11.9. The number of carboxylic acids is 1. The van der Waals surface area contributed by atoms with Crippen molar-refractivity contribution in [3.8, 4) is 0 Å². The number of nitrogens with zero attached hydrogens (tertiary/aromatic N) is 2. The summed E-state index contributed by atoms with van der Waals surface area (Å²) in [5, 5.41) is 8.88. The van der Waals surface area contributed by atoms with Gasteiger partial charge in [-0.2, -0.15) is 0 Å². The summed E-state index contributed by atoms with van der Waals surface area (Å²) >= 11 is 0. The summed E-state index contributed by atoms with van der Waals surface area (Å²) in [5.41, 5.74) is 0.510. The Hall–Kier alpha value is -1.84. The lowest BCUT2D eigenvalue weighted by molar-refractivity contribution is -0.138. The van der Waals surface area contributed by atoms with E-state index in [1.807, 2.05) is 42.6 Å². The van der Waals surface area contributed by atoms with Gasteiger partial charge in [0.15, 0.2) is 0 Å². The van der Waals surface area contributed by atoms with E-state index in [4.69, 9.17) is 5.11 Å². The van der Waals surface area contributed by atoms with Crippen LogP contribution < -0.4 is 0 Å². The molecule has 2 heterocycles. The molecule has 84 valence electrons. The summed E-state index contributed by atoms with van der Waals surface area (Å²) in [6.07, 6.45) is 3.74. The number of hydrogen-bond acceptors (Lipinski definition) is 2. The lowest BCUT2D eigenvalue weighted by Crippen LogP contribution is -2.24. The third kappa shape index (κ3) is 1.78. The predicted molar refractivity (Wildman–Crippen MR) is 60.5 cm³/mol. The molecule has 0 amide bonds. The van der Waals surface area contributed by atoms with Gasteiger partial charge in [-0.3, -0.25) is 4.79 Å². The number of pyridine rings is 1. The second kappa shape index (κ2) is 3.63. The molecule has 0 spiro atoms. The van der Waals surface area contributed by atoms with Gasteiger partial charge in [0.25, 0.3) is 0 Å². The fourth-order valence-electron chi connectivity index (χ4n) is 1.90. The van der Waals surface area contributed by atoms with E-state index in [0.717, 1.165) is 11.3 Å². The molecule has 0 unspecified atom stereocenters. The Morgan fingerprint density at radius 3 is 2.94 bits per heavy atom. The molecule has 0 aromatic carbocycles. The van der Waals surface area contributed by atoms with Crippen molar-refractivity contribution in [3.05, 3.63) is 36.4 Å². The number of imidazole rings is 1. The molecule has 0 atom stereocenters. The molecule has 0 aliphatic heterocycles. The SMILES string of the molecule is CC(C)(CC(=O)O)c1ncc2ccccn12. The van der Waals surface area contributed by atoms with E-state index in [0.29, 0.717) is 0 Å². The number of carboxylic acid groups (broad SMARTS) is 1. The molecule has 0 aliphatic rings. The van der Waals surface area contributed by atoms with Crippen molar-refractivity contribution in [2.75, 3.05) is 0 Å². The van der Waals surface area contributed by atoms with E-state index in [-0.39, 0.29) is 6.42 Å². The van der Waals surface area contributed by atoms with Crippen LogP contribution in [0.15, 0.2) is 30.6 Å². The minimum Gasteiger partial charge on any atom is -0.481 e. The van der Waals surface area contributed by atoms with Crippen molar-refractivity contribution in [3.63, 3.8) is 0 Å². The zero-order chi connectivity index (χ0) is 11.8. The molecule has 2 rings (SSSR count). The van der Waals surface area contributed by atoms with Crippen LogP contribution in [0, 0.1) is 0 Å². The van der Waals surface area contributed by atoms with Gasteiger partial charge in [-0.25, -0.2) is 4.98 Å². The van der Waals surface area contributed by atoms with E-state index in [1.54, 1.807) is 6.20 Å². The van der Waals surface area contributed by atoms with Crippen LogP contribution in [-0.4, -0.2) is 20.5 Å². The molecule has 0 fully saturated rings. The van der Waals surface area contributed by atoms with Crippen LogP contribution in [0.25, 0.3) is 5.52 Å². The maximum Gasteiger partial charge on any atom is 0.304 e. The standard InChI is InChI=1S/C12H14N2O2/c1-12(2,7-10(15)16)11-13-8-9-5-3-4-6-14(9)11/h3-6,8H,7H2,1-2H3,(H,15,16). The average molecular weight is 218 g/mol. The van der Waals surface area contributed by atoms with Crippen LogP contribution >= 0.6 is 0 Å². The summed E-state index contributed by atoms with van der Waals surface area (Å²) in [5.74, 6) is -0.0248. The Labute approximate surface area is 93.5 Å². The summed E-state index contributed by atoms with van der Waals surface area (Å²) in [4.78, 5) is 15.1. The number of hydrogen-bond donors (Lipinski definition) is 1. The van der Waals surface area contributed by atoms with Crippen LogP contribution in [0.3, 0.4) is 0 Å². The lowest BCUT2D eigenvalue weighted by Gasteiger charge is -2.20. The Morgan fingerprint density at radius 2 is 2.25 bits per heavy atom. The quantitative estimate of drug-likeness (QED) is 0.858. The largest absolute Gasteiger partial charge is 0.481 e. The van der Waals surface area contributed by atoms with Crippen LogP contribution in [0.1, 0.15) is 26.1 Å². The van der Waals surface area contributed by atoms with Crippen molar-refractivity contribution in [2.24, 2.45) is 0 Å². The van der Waals surface area contributed by atoms with Crippen LogP contribution in [0.5, 0.6) is 0 Å². The van der Waals surface area contributed by atoms with Crippen LogP contribution in [0.2, 0.25) is 0 Å². The third-order valence-electron chi connectivity index (χ3n) is 2.64. The fourth-order valence-corrected chi connectivity index (χ4v) is 1.90. The number of aliphatic carboxylic acids is 1. The number of aromatic nitrogens is 2.